The third-order valence-electron chi connectivity index (χ3n) is 2.73. The van der Waals surface area contributed by atoms with Crippen molar-refractivity contribution in [2.24, 2.45) is 5.73 Å². The number of phenols is 1. The second-order valence-electron chi connectivity index (χ2n) is 4.89. The van der Waals surface area contributed by atoms with E-state index in [9.17, 15) is 18.4 Å². The molecular weight excluding hydrogens is 383 g/mol. The van der Waals surface area contributed by atoms with E-state index in [0.717, 1.165) is 19.3 Å². The number of nitrogens with one attached hydrogen (secondary N) is 1. The summed E-state index contributed by atoms with van der Waals surface area (Å²) >= 11 is -5.14. The summed E-state index contributed by atoms with van der Waals surface area (Å²) in [4.78, 5) is 20.7. The van der Waals surface area contributed by atoms with E-state index >= 15 is 0 Å². The molecule has 0 atom stereocenters. The number of anilines is 1. The summed E-state index contributed by atoms with van der Waals surface area (Å²) in [5.41, 5.74) is 4.97. The standard InChI is InChI=1S/C8H10AsNO5.C6H13NO2/c1-5(11)10-8-6(9(13,14)15)3-2-4-7(8)12;7-5-3-1-2-4-6(8)9/h2-4,12H,1H3,(H,10,11)(H2,13,14,15);1-5,7H2,(H,8,9). The van der Waals surface area contributed by atoms with Crippen molar-refractivity contribution in [3.63, 3.8) is 0 Å². The molecule has 136 valence electrons. The second-order valence-corrected chi connectivity index (χ2v) is 8.18. The van der Waals surface area contributed by atoms with Crippen molar-refractivity contribution in [3.05, 3.63) is 18.2 Å². The zero-order valence-corrected chi connectivity index (χ0v) is 15.2. The Morgan fingerprint density at radius 3 is 2.29 bits per heavy atom. The van der Waals surface area contributed by atoms with Gasteiger partial charge in [-0.3, -0.25) is 4.79 Å². The number of hydrogen-bond acceptors (Lipinski definition) is 5. The predicted molar refractivity (Wildman–Crippen MR) is 88.1 cm³/mol. The number of carboxylic acids is 1. The third kappa shape index (κ3) is 9.36. The Morgan fingerprint density at radius 2 is 1.83 bits per heavy atom. The quantitative estimate of drug-likeness (QED) is 0.200. The molecule has 0 saturated heterocycles. The van der Waals surface area contributed by atoms with Crippen molar-refractivity contribution in [2.75, 3.05) is 11.9 Å². The minimum atomic E-state index is -5.14. The van der Waals surface area contributed by atoms with Crippen LogP contribution in [0.25, 0.3) is 0 Å². The third-order valence-corrected chi connectivity index (χ3v) is 4.83. The molecule has 0 aliphatic rings. The molecule has 0 unspecified atom stereocenters. The summed E-state index contributed by atoms with van der Waals surface area (Å²) in [6.07, 6.45) is 2.91. The van der Waals surface area contributed by atoms with Crippen molar-refractivity contribution in [3.8, 4) is 5.75 Å². The molecule has 7 N–H and O–H groups in total. The molecule has 0 bridgehead atoms. The van der Waals surface area contributed by atoms with Crippen molar-refractivity contribution in [1.82, 2.24) is 0 Å². The zero-order chi connectivity index (χ0) is 18.8. The summed E-state index contributed by atoms with van der Waals surface area (Å²) < 4.78 is 28.8. The van der Waals surface area contributed by atoms with Crippen LogP contribution in [0.1, 0.15) is 32.6 Å². The number of carboxylic acid groups (broad SMARTS) is 1. The summed E-state index contributed by atoms with van der Waals surface area (Å²) in [7, 11) is 0. The fraction of sp³-hybridized carbons (Fsp3) is 0.429. The van der Waals surface area contributed by atoms with Crippen LogP contribution in [0.3, 0.4) is 0 Å². The monoisotopic (exact) mass is 406 g/mol. The largest absolute Gasteiger partial charge is 0.481 e. The van der Waals surface area contributed by atoms with E-state index in [-0.39, 0.29) is 22.2 Å². The maximum atomic E-state index is 11.1. The first-order chi connectivity index (χ1) is 11.1. The Kier molecular flexibility index (Phi) is 10.1. The van der Waals surface area contributed by atoms with Gasteiger partial charge in [0.25, 0.3) is 0 Å². The molecule has 0 radical (unpaired) electrons. The fourth-order valence-electron chi connectivity index (χ4n) is 1.67. The molecule has 0 heterocycles. The van der Waals surface area contributed by atoms with Crippen molar-refractivity contribution in [1.29, 1.82) is 0 Å². The molecule has 10 heteroatoms. The van der Waals surface area contributed by atoms with E-state index in [1.165, 1.54) is 25.1 Å². The molecule has 24 heavy (non-hydrogen) atoms. The van der Waals surface area contributed by atoms with Crippen LogP contribution in [-0.4, -0.2) is 51.0 Å². The summed E-state index contributed by atoms with van der Waals surface area (Å²) in [5, 5.41) is 19.7. The van der Waals surface area contributed by atoms with Gasteiger partial charge in [0.05, 0.1) is 0 Å². The van der Waals surface area contributed by atoms with Crippen LogP contribution < -0.4 is 15.4 Å². The molecular formula is C14H23AsN2O7. The van der Waals surface area contributed by atoms with E-state index in [1.54, 1.807) is 0 Å². The Labute approximate surface area is 142 Å². The number of phenolic OH excluding ortho intramolecular Hbond substituents is 1. The number of nitrogens with two attached hydrogens (primary N) is 1. The molecule has 9 nitrogen and oxygen atoms in total. The number of unbranched alkanes of at least 4 members (excludes halogenated alkanes) is 2. The first-order valence-electron chi connectivity index (χ1n) is 7.17. The van der Waals surface area contributed by atoms with E-state index in [0.29, 0.717) is 6.54 Å². The molecule has 1 rings (SSSR count). The van der Waals surface area contributed by atoms with E-state index in [4.69, 9.17) is 19.0 Å². The molecule has 0 saturated carbocycles. The van der Waals surface area contributed by atoms with Gasteiger partial charge in [0, 0.05) is 6.42 Å². The SMILES string of the molecule is CC(=O)Nc1c(O)cccc1[As](=O)(O)O.NCCCCCC(=O)O. The van der Waals surface area contributed by atoms with Crippen molar-refractivity contribution in [2.45, 2.75) is 32.6 Å². The van der Waals surface area contributed by atoms with Gasteiger partial charge >= 0.3 is 94.1 Å². The second kappa shape index (κ2) is 10.9. The average Bonchev–Trinajstić information content (AvgIpc) is 2.45. The minimum Gasteiger partial charge on any atom is -0.481 e. The first-order valence-corrected chi connectivity index (χ1v) is 10.6. The van der Waals surface area contributed by atoms with Crippen LogP contribution >= 0.6 is 0 Å². The number of rotatable bonds is 7. The molecule has 0 spiro atoms. The average molecular weight is 406 g/mol. The molecule has 0 fully saturated rings. The molecule has 1 aromatic rings. The van der Waals surface area contributed by atoms with Crippen molar-refractivity contribution >= 4 is 36.1 Å². The number of amides is 1. The first kappa shape index (κ1) is 22.2. The summed E-state index contributed by atoms with van der Waals surface area (Å²) in [5.74, 6) is -1.60. The fourth-order valence-corrected chi connectivity index (χ4v) is 3.23. The normalized spacial score (nSPS) is 10.5. The van der Waals surface area contributed by atoms with Crippen LogP contribution in [0, 0.1) is 0 Å². The molecule has 0 aliphatic carbocycles. The van der Waals surface area contributed by atoms with Gasteiger partial charge in [-0.1, -0.05) is 6.42 Å². The summed E-state index contributed by atoms with van der Waals surface area (Å²) in [6.45, 7) is 1.85. The number of aliphatic carboxylic acids is 1. The minimum absolute atomic E-state index is 0.225. The van der Waals surface area contributed by atoms with Gasteiger partial charge in [-0.25, -0.2) is 0 Å². The maximum Gasteiger partial charge on any atom is 0.303 e. The number of benzene rings is 1. The van der Waals surface area contributed by atoms with Gasteiger partial charge < -0.3 is 10.8 Å². The van der Waals surface area contributed by atoms with Crippen LogP contribution in [0.4, 0.5) is 5.69 Å². The number of aromatic hydroxyl groups is 1. The number of carbonyl (C=O) groups is 2. The Morgan fingerprint density at radius 1 is 1.21 bits per heavy atom. The van der Waals surface area contributed by atoms with Crippen LogP contribution in [-0.2, 0) is 13.3 Å². The maximum absolute atomic E-state index is 11.1. The Balaban J connectivity index is 0.000000506. The van der Waals surface area contributed by atoms with Crippen molar-refractivity contribution < 1.29 is 31.7 Å². The zero-order valence-electron chi connectivity index (χ0n) is 13.3. The smallest absolute Gasteiger partial charge is 0.303 e. The van der Waals surface area contributed by atoms with Gasteiger partial charge in [0.15, 0.2) is 0 Å². The number of carbonyl (C=O) groups excluding carboxylic acids is 1. The Bertz CT molecular complexity index is 601. The van der Waals surface area contributed by atoms with Gasteiger partial charge in [0.2, 0.25) is 0 Å². The van der Waals surface area contributed by atoms with E-state index in [2.05, 4.69) is 5.32 Å². The van der Waals surface area contributed by atoms with Gasteiger partial charge in [-0.05, 0) is 19.4 Å². The number of para-hydroxylation sites is 1. The van der Waals surface area contributed by atoms with E-state index < -0.39 is 26.0 Å². The van der Waals surface area contributed by atoms with Crippen LogP contribution in [0.15, 0.2) is 18.2 Å². The number of hydrogen-bond donors (Lipinski definition) is 6. The predicted octanol–water partition coefficient (Wildman–Crippen LogP) is -0.498. The Hall–Kier alpha value is -1.80. The van der Waals surface area contributed by atoms with Gasteiger partial charge in [-0.15, -0.1) is 0 Å². The molecule has 0 aliphatic heterocycles. The van der Waals surface area contributed by atoms with E-state index in [1.807, 2.05) is 0 Å². The van der Waals surface area contributed by atoms with Gasteiger partial charge in [-0.2, -0.15) is 0 Å². The van der Waals surface area contributed by atoms with Crippen LogP contribution in [0.2, 0.25) is 0 Å². The topological polar surface area (TPSA) is 170 Å². The van der Waals surface area contributed by atoms with Gasteiger partial charge in [0.1, 0.15) is 0 Å². The molecule has 0 aromatic heterocycles. The molecule has 1 amide bonds. The summed E-state index contributed by atoms with van der Waals surface area (Å²) in [6, 6.07) is 3.71. The van der Waals surface area contributed by atoms with Crippen LogP contribution in [0.5, 0.6) is 5.75 Å². The molecule has 1 aromatic carbocycles.